The smallest absolute Gasteiger partial charge is 0.497 e. The third-order valence-corrected chi connectivity index (χ3v) is 6.60. The van der Waals surface area contributed by atoms with Crippen LogP contribution in [0.2, 0.25) is 0 Å². The second-order valence-electron chi connectivity index (χ2n) is 8.93. The zero-order valence-corrected chi connectivity index (χ0v) is 20.3. The van der Waals surface area contributed by atoms with Crippen LogP contribution in [-0.2, 0) is 16.6 Å². The molecule has 36 heavy (non-hydrogen) atoms. The van der Waals surface area contributed by atoms with Crippen molar-refractivity contribution in [1.82, 2.24) is 23.9 Å². The number of fused-ring (bicyclic) bond motifs is 4. The third kappa shape index (κ3) is 4.26. The molecule has 4 aromatic heterocycles. The van der Waals surface area contributed by atoms with E-state index in [0.717, 1.165) is 46.0 Å². The van der Waals surface area contributed by atoms with Gasteiger partial charge in [-0.1, -0.05) is 12.8 Å². The summed E-state index contributed by atoms with van der Waals surface area (Å²) in [5.74, 6) is 1.77. The van der Waals surface area contributed by atoms with Gasteiger partial charge >= 0.3 is 12.1 Å². The zero-order chi connectivity index (χ0) is 25.4. The van der Waals surface area contributed by atoms with Gasteiger partial charge < -0.3 is 24.1 Å². The highest BCUT2D eigenvalue weighted by molar-refractivity contribution is 5.98. The second-order valence-corrected chi connectivity index (χ2v) is 8.93. The average molecular weight is 490 g/mol. The molecule has 0 aliphatic heterocycles. The summed E-state index contributed by atoms with van der Waals surface area (Å²) in [4.78, 5) is 32.0. The van der Waals surface area contributed by atoms with Gasteiger partial charge in [0.05, 0.1) is 36.2 Å². The van der Waals surface area contributed by atoms with Gasteiger partial charge in [-0.25, -0.2) is 14.8 Å². The molecule has 4 heterocycles. The van der Waals surface area contributed by atoms with E-state index in [1.807, 2.05) is 18.5 Å². The van der Waals surface area contributed by atoms with Crippen LogP contribution in [0.15, 0.2) is 42.9 Å². The summed E-state index contributed by atoms with van der Waals surface area (Å²) in [5, 5.41) is 8.80. The van der Waals surface area contributed by atoms with Gasteiger partial charge in [0.25, 0.3) is 0 Å². The van der Waals surface area contributed by atoms with E-state index in [9.17, 15) is 9.59 Å². The van der Waals surface area contributed by atoms with Crippen molar-refractivity contribution in [3.8, 4) is 17.0 Å². The van der Waals surface area contributed by atoms with Crippen molar-refractivity contribution in [1.29, 1.82) is 0 Å². The van der Waals surface area contributed by atoms with Gasteiger partial charge in [-0.15, -0.1) is 0 Å². The number of aromatic amines is 1. The van der Waals surface area contributed by atoms with Gasteiger partial charge in [0.15, 0.2) is 5.65 Å². The molecule has 1 aromatic carbocycles. The molecule has 0 unspecified atom stereocenters. The minimum atomic E-state index is -1.56. The first-order valence-electron chi connectivity index (χ1n) is 11.8. The molecule has 10 nitrogen and oxygen atoms in total. The Kier molecular flexibility index (Phi) is 6.09. The van der Waals surface area contributed by atoms with Crippen molar-refractivity contribution in [2.45, 2.75) is 38.5 Å². The molecule has 0 bridgehead atoms. The van der Waals surface area contributed by atoms with Crippen LogP contribution in [0, 0.1) is 0 Å². The lowest BCUT2D eigenvalue weighted by atomic mass is 10.1. The van der Waals surface area contributed by atoms with Crippen molar-refractivity contribution in [3.63, 3.8) is 0 Å². The Morgan fingerprint density at radius 1 is 1.11 bits per heavy atom. The number of ether oxygens (including phenoxy) is 2. The number of carbonyl (C=O) groups is 2. The van der Waals surface area contributed by atoms with Crippen molar-refractivity contribution in [2.24, 2.45) is 7.05 Å². The van der Waals surface area contributed by atoms with E-state index in [1.54, 1.807) is 7.11 Å². The molecule has 1 aliphatic carbocycles. The predicted octanol–water partition coefficient (Wildman–Crippen LogP) is 5.26. The van der Waals surface area contributed by atoms with Crippen molar-refractivity contribution in [2.75, 3.05) is 7.11 Å². The number of methoxy groups -OCH3 is 1. The Bertz CT molecular complexity index is 1580. The van der Waals surface area contributed by atoms with Gasteiger partial charge in [-0.05, 0) is 37.1 Å². The second kappa shape index (κ2) is 9.37. The van der Waals surface area contributed by atoms with Crippen molar-refractivity contribution >= 4 is 39.7 Å². The summed E-state index contributed by atoms with van der Waals surface area (Å²) >= 11 is 0. The van der Waals surface area contributed by atoms with E-state index < -0.39 is 12.1 Å². The fourth-order valence-corrected chi connectivity index (χ4v) is 5.02. The molecule has 10 heteroatoms. The predicted molar refractivity (Wildman–Crippen MR) is 134 cm³/mol. The number of benzene rings is 1. The van der Waals surface area contributed by atoms with Crippen LogP contribution >= 0.6 is 0 Å². The minimum Gasteiger partial charge on any atom is -0.497 e. The number of hydrogen-bond donors (Lipinski definition) is 2. The van der Waals surface area contributed by atoms with Crippen molar-refractivity contribution in [3.05, 3.63) is 48.7 Å². The highest BCUT2D eigenvalue weighted by Gasteiger charge is 2.23. The number of H-pyrrole nitrogens is 1. The van der Waals surface area contributed by atoms with Crippen LogP contribution in [0.25, 0.3) is 38.8 Å². The largest absolute Gasteiger partial charge is 0.513 e. The van der Waals surface area contributed by atoms with Gasteiger partial charge in [0.2, 0.25) is 0 Å². The molecule has 6 rings (SSSR count). The Labute approximate surface area is 206 Å². The first-order chi connectivity index (χ1) is 17.4. The number of hydrogen-bond acceptors (Lipinski definition) is 6. The van der Waals surface area contributed by atoms with Gasteiger partial charge in [0, 0.05) is 42.6 Å². The molecular weight excluding hydrogens is 462 g/mol. The van der Waals surface area contributed by atoms with Gasteiger partial charge in [-0.2, -0.15) is 0 Å². The maximum atomic E-state index is 9.65. The summed E-state index contributed by atoms with van der Waals surface area (Å²) in [7, 11) is 3.78. The SMILES string of the molecule is CC(=O)OC(=O)O.COc1ccc2c(c1)c(-c1cc3c(ncc4cnc(C5CCCC5)n43)[nH]1)cn2C. The molecule has 1 aliphatic rings. The molecule has 1 saturated carbocycles. The number of nitrogens with zero attached hydrogens (tertiary/aromatic N) is 4. The highest BCUT2D eigenvalue weighted by Crippen LogP contribution is 2.37. The normalized spacial score (nSPS) is 13.8. The van der Waals surface area contributed by atoms with Gasteiger partial charge in [0.1, 0.15) is 11.6 Å². The van der Waals surface area contributed by atoms with E-state index in [0.29, 0.717) is 5.92 Å². The molecule has 186 valence electrons. The monoisotopic (exact) mass is 489 g/mol. The first kappa shape index (κ1) is 23.4. The zero-order valence-electron chi connectivity index (χ0n) is 20.3. The molecule has 0 saturated heterocycles. The number of nitrogens with one attached hydrogen (secondary N) is 1. The Hall–Kier alpha value is -4.34. The molecule has 0 amide bonds. The van der Waals surface area contributed by atoms with Crippen LogP contribution < -0.4 is 4.74 Å². The maximum absolute atomic E-state index is 9.65. The Balaban J connectivity index is 0.000000338. The number of carbonyl (C=O) groups excluding carboxylic acids is 1. The molecule has 0 radical (unpaired) electrons. The molecule has 0 atom stereocenters. The molecular formula is C26H27N5O5. The van der Waals surface area contributed by atoms with Crippen LogP contribution in [0.3, 0.4) is 0 Å². The maximum Gasteiger partial charge on any atom is 0.513 e. The van der Waals surface area contributed by atoms with E-state index in [2.05, 4.69) is 55.1 Å². The van der Waals surface area contributed by atoms with Crippen LogP contribution in [0.5, 0.6) is 5.75 Å². The molecule has 5 aromatic rings. The lowest BCUT2D eigenvalue weighted by Crippen LogP contribution is -2.04. The lowest BCUT2D eigenvalue weighted by molar-refractivity contribution is -0.136. The Morgan fingerprint density at radius 3 is 2.53 bits per heavy atom. The third-order valence-electron chi connectivity index (χ3n) is 6.60. The topological polar surface area (TPSA) is 124 Å². The van der Waals surface area contributed by atoms with Crippen LogP contribution in [0.1, 0.15) is 44.3 Å². The summed E-state index contributed by atoms with van der Waals surface area (Å²) < 4.78 is 13.4. The molecule has 1 fully saturated rings. The number of esters is 1. The lowest BCUT2D eigenvalue weighted by Gasteiger charge is -2.08. The summed E-state index contributed by atoms with van der Waals surface area (Å²) in [6.45, 7) is 1.02. The molecule has 2 N–H and O–H groups in total. The average Bonchev–Trinajstić information content (AvgIpc) is 3.62. The number of aryl methyl sites for hydroxylation is 1. The minimum absolute atomic E-state index is 0.545. The number of aromatic nitrogens is 5. The number of imidazole rings is 1. The van der Waals surface area contributed by atoms with E-state index in [-0.39, 0.29) is 0 Å². The number of rotatable bonds is 3. The van der Waals surface area contributed by atoms with Crippen LogP contribution in [0.4, 0.5) is 4.79 Å². The van der Waals surface area contributed by atoms with Gasteiger partial charge in [-0.3, -0.25) is 9.20 Å². The summed E-state index contributed by atoms with van der Waals surface area (Å²) in [6.07, 6.45) is 9.52. The Morgan fingerprint density at radius 2 is 1.86 bits per heavy atom. The van der Waals surface area contributed by atoms with E-state index >= 15 is 0 Å². The number of carboxylic acid groups (broad SMARTS) is 1. The highest BCUT2D eigenvalue weighted by atomic mass is 16.7. The summed E-state index contributed by atoms with van der Waals surface area (Å²) in [5.41, 5.74) is 6.43. The molecule has 0 spiro atoms. The fraction of sp³-hybridized carbons (Fsp3) is 0.308. The quantitative estimate of drug-likeness (QED) is 0.262. The standard InChI is InChI=1S/C23H23N5O.C3H4O4/c1-27-13-18(17-9-16(29-2)7-8-20(17)27)19-10-21-22(26-19)24-11-15-12-25-23(28(15)21)14-5-3-4-6-14;1-2(4)7-3(5)6/h7-14,26H,3-6H2,1-2H3;1H3,(H,5,6). The van der Waals surface area contributed by atoms with Crippen LogP contribution in [-0.4, -0.2) is 48.3 Å². The summed E-state index contributed by atoms with van der Waals surface area (Å²) in [6, 6.07) is 8.41. The fourth-order valence-electron chi connectivity index (χ4n) is 5.02. The van der Waals surface area contributed by atoms with E-state index in [1.165, 1.54) is 37.0 Å². The first-order valence-corrected chi connectivity index (χ1v) is 11.8. The van der Waals surface area contributed by atoms with Crippen molar-refractivity contribution < 1.29 is 24.2 Å². The van der Waals surface area contributed by atoms with E-state index in [4.69, 9.17) is 14.8 Å².